The van der Waals surface area contributed by atoms with Gasteiger partial charge >= 0.3 is 36.3 Å². The number of alkyl halides is 12. The number of aliphatic hydroxyl groups is 2. The fourth-order valence-electron chi connectivity index (χ4n) is 0.767. The van der Waals surface area contributed by atoms with Crippen LogP contribution in [-0.4, -0.2) is 46.5 Å². The van der Waals surface area contributed by atoms with E-state index in [4.69, 9.17) is 10.2 Å². The molecule has 2 N–H and O–H groups in total. The summed E-state index contributed by atoms with van der Waals surface area (Å²) in [6.45, 7) is 0. The molecule has 0 saturated carbocycles. The summed E-state index contributed by atoms with van der Waals surface area (Å²) in [5.74, 6) is -13.8. The van der Waals surface area contributed by atoms with Gasteiger partial charge in [0.2, 0.25) is 0 Å². The van der Waals surface area contributed by atoms with E-state index in [9.17, 15) is 52.7 Å². The summed E-state index contributed by atoms with van der Waals surface area (Å²) in [6.07, 6.45) is -28.7. The first-order valence-electron chi connectivity index (χ1n) is 4.12. The quantitative estimate of drug-likeness (QED) is 0.595. The molecule has 0 aliphatic heterocycles. The maximum atomic E-state index is 12.0. The molecule has 0 saturated heterocycles. The minimum absolute atomic E-state index is 1.69. The monoisotopic (exact) mass is 350 g/mol. The lowest BCUT2D eigenvalue weighted by molar-refractivity contribution is -0.555. The number of hydrogen-bond donors (Lipinski definition) is 2. The second-order valence-electron chi connectivity index (χ2n) is 3.38. The lowest BCUT2D eigenvalue weighted by Crippen LogP contribution is -2.69. The van der Waals surface area contributed by atoms with E-state index in [0.717, 1.165) is 0 Å². The van der Waals surface area contributed by atoms with Crippen LogP contribution < -0.4 is 0 Å². The van der Waals surface area contributed by atoms with Gasteiger partial charge in [-0.05, 0) is 0 Å². The Labute approximate surface area is 105 Å². The molecule has 15 heteroatoms. The van der Waals surface area contributed by atoms with Crippen LogP contribution in [-0.2, 0) is 4.74 Å². The maximum Gasteiger partial charge on any atom is 0.453 e. The second kappa shape index (κ2) is 4.77. The summed E-state index contributed by atoms with van der Waals surface area (Å²) < 4.78 is 145. The summed E-state index contributed by atoms with van der Waals surface area (Å²) in [5.41, 5.74) is 0. The summed E-state index contributed by atoms with van der Waals surface area (Å²) >= 11 is 0. The van der Waals surface area contributed by atoms with E-state index >= 15 is 0 Å². The van der Waals surface area contributed by atoms with Crippen molar-refractivity contribution in [2.24, 2.45) is 0 Å². The third kappa shape index (κ3) is 3.28. The van der Waals surface area contributed by atoms with E-state index in [-0.39, 0.29) is 0 Å². The standard InChI is InChI=1S/C6H2F12O3/c7-3(8,9)1(19,4(10,11)12)21-2(20,5(13,14)15)6(16,17)18/h19-20H. The smallest absolute Gasteiger partial charge is 0.351 e. The number of halogens is 12. The summed E-state index contributed by atoms with van der Waals surface area (Å²) in [4.78, 5) is 0. The van der Waals surface area contributed by atoms with Crippen molar-refractivity contribution in [1.82, 2.24) is 0 Å². The number of hydrogen-bond acceptors (Lipinski definition) is 3. The lowest BCUT2D eigenvalue weighted by Gasteiger charge is -2.40. The molecule has 3 nitrogen and oxygen atoms in total. The van der Waals surface area contributed by atoms with E-state index in [0.29, 0.717) is 0 Å². The van der Waals surface area contributed by atoms with Crippen molar-refractivity contribution < 1.29 is 67.6 Å². The molecule has 0 heterocycles. The van der Waals surface area contributed by atoms with Gasteiger partial charge in [-0.2, -0.15) is 52.7 Å². The van der Waals surface area contributed by atoms with Gasteiger partial charge < -0.3 is 10.2 Å². The first kappa shape index (κ1) is 20.0. The van der Waals surface area contributed by atoms with Crippen molar-refractivity contribution in [3.05, 3.63) is 0 Å². The molecule has 0 aliphatic rings. The largest absolute Gasteiger partial charge is 0.453 e. The average Bonchev–Trinajstić information content (AvgIpc) is 2.09. The van der Waals surface area contributed by atoms with Gasteiger partial charge in [-0.25, -0.2) is 0 Å². The summed E-state index contributed by atoms with van der Waals surface area (Å²) in [5, 5.41) is 16.2. The van der Waals surface area contributed by atoms with Crippen LogP contribution in [0.1, 0.15) is 0 Å². The van der Waals surface area contributed by atoms with E-state index in [1.165, 1.54) is 0 Å². The second-order valence-corrected chi connectivity index (χ2v) is 3.38. The van der Waals surface area contributed by atoms with Crippen LogP contribution in [0.3, 0.4) is 0 Å². The van der Waals surface area contributed by atoms with Crippen molar-refractivity contribution in [2.75, 3.05) is 0 Å². The molecule has 0 unspecified atom stereocenters. The van der Waals surface area contributed by atoms with Gasteiger partial charge in [0, 0.05) is 0 Å². The maximum absolute atomic E-state index is 12.0. The molecule has 0 amide bonds. The van der Waals surface area contributed by atoms with Crippen LogP contribution in [0.4, 0.5) is 52.7 Å². The van der Waals surface area contributed by atoms with Gasteiger partial charge in [-0.15, -0.1) is 0 Å². The van der Waals surface area contributed by atoms with E-state index in [1.54, 1.807) is 4.74 Å². The van der Waals surface area contributed by atoms with Gasteiger partial charge in [0.05, 0.1) is 0 Å². The fourth-order valence-corrected chi connectivity index (χ4v) is 0.767. The molecule has 0 radical (unpaired) electrons. The highest BCUT2D eigenvalue weighted by Gasteiger charge is 2.82. The molecule has 0 aromatic heterocycles. The molecular weight excluding hydrogens is 348 g/mol. The Morgan fingerprint density at radius 1 is 0.429 bits per heavy atom. The Balaban J connectivity index is 6.15. The van der Waals surface area contributed by atoms with Gasteiger partial charge in [0.15, 0.2) is 0 Å². The predicted octanol–water partition coefficient (Wildman–Crippen LogP) is 2.63. The Bertz CT molecular complexity index is 308. The number of rotatable bonds is 2. The Hall–Kier alpha value is -0.960. The first-order valence-corrected chi connectivity index (χ1v) is 4.12. The molecule has 128 valence electrons. The van der Waals surface area contributed by atoms with Crippen molar-refractivity contribution >= 4 is 0 Å². The average molecular weight is 350 g/mol. The third-order valence-electron chi connectivity index (χ3n) is 1.83. The zero-order valence-corrected chi connectivity index (χ0v) is 8.84. The van der Waals surface area contributed by atoms with Crippen LogP contribution in [0, 0.1) is 0 Å². The topological polar surface area (TPSA) is 49.7 Å². The third-order valence-corrected chi connectivity index (χ3v) is 1.83. The minimum Gasteiger partial charge on any atom is -0.351 e. The van der Waals surface area contributed by atoms with E-state index in [1.807, 2.05) is 0 Å². The molecule has 0 rings (SSSR count). The van der Waals surface area contributed by atoms with Crippen LogP contribution >= 0.6 is 0 Å². The normalized spacial score (nSPS) is 16.3. The van der Waals surface area contributed by atoms with E-state index in [2.05, 4.69) is 0 Å². The molecule has 0 aliphatic carbocycles. The highest BCUT2D eigenvalue weighted by atomic mass is 19.4. The van der Waals surface area contributed by atoms with Gasteiger partial charge in [-0.3, -0.25) is 4.74 Å². The molecule has 0 fully saturated rings. The SMILES string of the molecule is OC(OC(O)(C(F)(F)F)C(F)(F)F)(C(F)(F)F)C(F)(F)F. The van der Waals surface area contributed by atoms with Gasteiger partial charge in [0.1, 0.15) is 0 Å². The van der Waals surface area contributed by atoms with Crippen molar-refractivity contribution in [3.63, 3.8) is 0 Å². The van der Waals surface area contributed by atoms with Crippen molar-refractivity contribution in [2.45, 2.75) is 36.3 Å². The van der Waals surface area contributed by atoms with Gasteiger partial charge in [-0.1, -0.05) is 0 Å². The van der Waals surface area contributed by atoms with Crippen LogP contribution in [0.15, 0.2) is 0 Å². The molecule has 0 bridgehead atoms. The Kier molecular flexibility index (Phi) is 4.55. The molecule has 21 heavy (non-hydrogen) atoms. The molecule has 0 spiro atoms. The highest BCUT2D eigenvalue weighted by Crippen LogP contribution is 2.52. The van der Waals surface area contributed by atoms with Gasteiger partial charge in [0.25, 0.3) is 0 Å². The summed E-state index contributed by atoms with van der Waals surface area (Å²) in [6, 6.07) is 0. The van der Waals surface area contributed by atoms with Crippen LogP contribution in [0.5, 0.6) is 0 Å². The fraction of sp³-hybridized carbons (Fsp3) is 1.00. The van der Waals surface area contributed by atoms with Crippen LogP contribution in [0.25, 0.3) is 0 Å². The number of ether oxygens (including phenoxy) is 1. The zero-order chi connectivity index (χ0) is 17.7. The summed E-state index contributed by atoms with van der Waals surface area (Å²) in [7, 11) is 0. The van der Waals surface area contributed by atoms with Crippen molar-refractivity contribution in [3.8, 4) is 0 Å². The van der Waals surface area contributed by atoms with Crippen molar-refractivity contribution in [1.29, 1.82) is 0 Å². The highest BCUT2D eigenvalue weighted by molar-refractivity contribution is 4.93. The molecular formula is C6H2F12O3. The zero-order valence-electron chi connectivity index (χ0n) is 8.84. The first-order chi connectivity index (χ1) is 8.71. The Morgan fingerprint density at radius 2 is 0.571 bits per heavy atom. The molecule has 0 aromatic carbocycles. The molecule has 0 atom stereocenters. The Morgan fingerprint density at radius 3 is 0.667 bits per heavy atom. The lowest BCUT2D eigenvalue weighted by atomic mass is 10.2. The molecule has 0 aromatic rings. The van der Waals surface area contributed by atoms with Crippen LogP contribution in [0.2, 0.25) is 0 Å². The predicted molar refractivity (Wildman–Crippen MR) is 35.2 cm³/mol. The van der Waals surface area contributed by atoms with E-state index < -0.39 is 36.3 Å². The minimum atomic E-state index is -7.17.